The molecular formula is C17H16ClNO4. The Morgan fingerprint density at radius 3 is 2.48 bits per heavy atom. The SMILES string of the molecule is O=C(CCCOc1ccc(Cl)cc1)Nc1ccccc1C(=O)O. The number of halogens is 1. The average molecular weight is 334 g/mol. The van der Waals surface area contributed by atoms with Crippen molar-refractivity contribution in [2.45, 2.75) is 12.8 Å². The highest BCUT2D eigenvalue weighted by Crippen LogP contribution is 2.17. The molecule has 0 aliphatic carbocycles. The number of benzene rings is 2. The third kappa shape index (κ3) is 5.30. The molecule has 0 aromatic heterocycles. The highest BCUT2D eigenvalue weighted by atomic mass is 35.5. The van der Waals surface area contributed by atoms with Gasteiger partial charge in [0.1, 0.15) is 5.75 Å². The van der Waals surface area contributed by atoms with Gasteiger partial charge in [0.25, 0.3) is 0 Å². The lowest BCUT2D eigenvalue weighted by Crippen LogP contribution is -2.15. The van der Waals surface area contributed by atoms with E-state index >= 15 is 0 Å². The third-order valence-electron chi connectivity index (χ3n) is 3.06. The van der Waals surface area contributed by atoms with Crippen molar-refractivity contribution in [3.63, 3.8) is 0 Å². The summed E-state index contributed by atoms with van der Waals surface area (Å²) in [6.07, 6.45) is 0.755. The van der Waals surface area contributed by atoms with Gasteiger partial charge in [-0.1, -0.05) is 23.7 Å². The molecule has 1 amide bonds. The standard InChI is InChI=1S/C17H16ClNO4/c18-12-7-9-13(10-8-12)23-11-3-6-16(20)19-15-5-2-1-4-14(15)17(21)22/h1-2,4-5,7-10H,3,6,11H2,(H,19,20)(H,21,22). The van der Waals surface area contributed by atoms with Gasteiger partial charge in [0.05, 0.1) is 17.9 Å². The number of ether oxygens (including phenoxy) is 1. The lowest BCUT2D eigenvalue weighted by Gasteiger charge is -2.09. The van der Waals surface area contributed by atoms with Gasteiger partial charge in [-0.3, -0.25) is 4.79 Å². The Morgan fingerprint density at radius 1 is 1.09 bits per heavy atom. The molecule has 120 valence electrons. The van der Waals surface area contributed by atoms with Crippen LogP contribution in [0.15, 0.2) is 48.5 Å². The van der Waals surface area contributed by atoms with E-state index in [1.54, 1.807) is 42.5 Å². The minimum atomic E-state index is -1.08. The zero-order chi connectivity index (χ0) is 16.7. The van der Waals surface area contributed by atoms with E-state index in [-0.39, 0.29) is 17.9 Å². The number of hydrogen-bond acceptors (Lipinski definition) is 3. The van der Waals surface area contributed by atoms with Crippen LogP contribution in [0.25, 0.3) is 0 Å². The molecule has 2 N–H and O–H groups in total. The monoisotopic (exact) mass is 333 g/mol. The number of carbonyl (C=O) groups excluding carboxylic acids is 1. The summed E-state index contributed by atoms with van der Waals surface area (Å²) in [5, 5.41) is 12.3. The van der Waals surface area contributed by atoms with Crippen LogP contribution in [-0.2, 0) is 4.79 Å². The fourth-order valence-electron chi connectivity index (χ4n) is 1.94. The van der Waals surface area contributed by atoms with Gasteiger partial charge in [-0.25, -0.2) is 4.79 Å². The smallest absolute Gasteiger partial charge is 0.337 e. The summed E-state index contributed by atoms with van der Waals surface area (Å²) in [4.78, 5) is 22.9. The van der Waals surface area contributed by atoms with Gasteiger partial charge in [-0.05, 0) is 42.8 Å². The van der Waals surface area contributed by atoms with Crippen molar-refractivity contribution in [1.29, 1.82) is 0 Å². The quantitative estimate of drug-likeness (QED) is 0.755. The number of carbonyl (C=O) groups is 2. The van der Waals surface area contributed by atoms with Crippen molar-refractivity contribution in [3.05, 3.63) is 59.1 Å². The molecule has 0 saturated carbocycles. The van der Waals surface area contributed by atoms with Gasteiger partial charge in [0.2, 0.25) is 5.91 Å². The van der Waals surface area contributed by atoms with Crippen molar-refractivity contribution >= 4 is 29.2 Å². The predicted molar refractivity (Wildman–Crippen MR) is 88.2 cm³/mol. The number of carboxylic acids is 1. The second-order valence-electron chi connectivity index (χ2n) is 4.80. The molecule has 0 aliphatic heterocycles. The highest BCUT2D eigenvalue weighted by molar-refractivity contribution is 6.30. The molecule has 0 aliphatic rings. The predicted octanol–water partition coefficient (Wildman–Crippen LogP) is 3.84. The van der Waals surface area contributed by atoms with Crippen molar-refractivity contribution < 1.29 is 19.4 Å². The number of hydrogen-bond donors (Lipinski definition) is 2. The Labute approximate surface area is 138 Å². The van der Waals surface area contributed by atoms with Crippen LogP contribution in [0.2, 0.25) is 5.02 Å². The average Bonchev–Trinajstić information content (AvgIpc) is 2.53. The fourth-order valence-corrected chi connectivity index (χ4v) is 2.07. The summed E-state index contributed by atoms with van der Waals surface area (Å²) in [5.74, 6) is -0.642. The van der Waals surface area contributed by atoms with Crippen LogP contribution in [-0.4, -0.2) is 23.6 Å². The molecular weight excluding hydrogens is 318 g/mol. The number of rotatable bonds is 7. The van der Waals surface area contributed by atoms with E-state index in [1.165, 1.54) is 6.07 Å². The van der Waals surface area contributed by atoms with Crippen LogP contribution in [0.4, 0.5) is 5.69 Å². The van der Waals surface area contributed by atoms with E-state index < -0.39 is 5.97 Å². The molecule has 5 nitrogen and oxygen atoms in total. The highest BCUT2D eigenvalue weighted by Gasteiger charge is 2.11. The van der Waals surface area contributed by atoms with Crippen LogP contribution in [0, 0.1) is 0 Å². The number of amides is 1. The molecule has 0 radical (unpaired) electrons. The first-order valence-corrected chi connectivity index (χ1v) is 7.44. The topological polar surface area (TPSA) is 75.6 Å². The second kappa shape index (κ2) is 8.19. The summed E-state index contributed by atoms with van der Waals surface area (Å²) >= 11 is 5.78. The van der Waals surface area contributed by atoms with Gasteiger partial charge in [-0.2, -0.15) is 0 Å². The van der Waals surface area contributed by atoms with E-state index in [1.807, 2.05) is 0 Å². The van der Waals surface area contributed by atoms with Gasteiger partial charge >= 0.3 is 5.97 Å². The van der Waals surface area contributed by atoms with Crippen LogP contribution >= 0.6 is 11.6 Å². The molecule has 0 atom stereocenters. The molecule has 23 heavy (non-hydrogen) atoms. The lowest BCUT2D eigenvalue weighted by molar-refractivity contribution is -0.116. The molecule has 2 aromatic carbocycles. The van der Waals surface area contributed by atoms with Gasteiger partial charge in [0.15, 0.2) is 0 Å². The summed E-state index contributed by atoms with van der Waals surface area (Å²) < 4.78 is 5.49. The first-order chi connectivity index (χ1) is 11.1. The summed E-state index contributed by atoms with van der Waals surface area (Å²) in [5.41, 5.74) is 0.363. The van der Waals surface area contributed by atoms with Crippen LogP contribution in [0.5, 0.6) is 5.75 Å². The zero-order valence-corrected chi connectivity index (χ0v) is 13.0. The molecule has 0 bridgehead atoms. The van der Waals surface area contributed by atoms with Crippen LogP contribution < -0.4 is 10.1 Å². The number of para-hydroxylation sites is 1. The summed E-state index contributed by atoms with van der Waals surface area (Å²) in [6, 6.07) is 13.3. The Hall–Kier alpha value is -2.53. The molecule has 6 heteroatoms. The largest absolute Gasteiger partial charge is 0.494 e. The molecule has 0 heterocycles. The Morgan fingerprint density at radius 2 is 1.78 bits per heavy atom. The van der Waals surface area contributed by atoms with Crippen LogP contribution in [0.1, 0.15) is 23.2 Å². The Balaban J connectivity index is 1.77. The number of carboxylic acid groups (broad SMARTS) is 1. The molecule has 0 unspecified atom stereocenters. The fraction of sp³-hybridized carbons (Fsp3) is 0.176. The third-order valence-corrected chi connectivity index (χ3v) is 3.31. The van der Waals surface area contributed by atoms with Crippen molar-refractivity contribution in [2.24, 2.45) is 0 Å². The molecule has 2 aromatic rings. The van der Waals surface area contributed by atoms with Gasteiger partial charge in [0, 0.05) is 11.4 Å². The molecule has 0 spiro atoms. The van der Waals surface area contributed by atoms with Crippen molar-refractivity contribution in [2.75, 3.05) is 11.9 Å². The van der Waals surface area contributed by atoms with E-state index in [0.29, 0.717) is 29.5 Å². The second-order valence-corrected chi connectivity index (χ2v) is 5.24. The minimum absolute atomic E-state index is 0.0678. The summed E-state index contributed by atoms with van der Waals surface area (Å²) in [6.45, 7) is 0.385. The Kier molecular flexibility index (Phi) is 6.00. The van der Waals surface area contributed by atoms with E-state index in [9.17, 15) is 9.59 Å². The first kappa shape index (κ1) is 16.8. The van der Waals surface area contributed by atoms with Crippen molar-refractivity contribution in [1.82, 2.24) is 0 Å². The van der Waals surface area contributed by atoms with Gasteiger partial charge < -0.3 is 15.2 Å². The number of nitrogens with one attached hydrogen (secondary N) is 1. The molecule has 0 fully saturated rings. The van der Waals surface area contributed by atoms with E-state index in [4.69, 9.17) is 21.4 Å². The lowest BCUT2D eigenvalue weighted by atomic mass is 10.1. The van der Waals surface area contributed by atoms with E-state index in [2.05, 4.69) is 5.32 Å². The molecule has 0 saturated heterocycles. The minimum Gasteiger partial charge on any atom is -0.494 e. The van der Waals surface area contributed by atoms with E-state index in [0.717, 1.165) is 0 Å². The number of anilines is 1. The zero-order valence-electron chi connectivity index (χ0n) is 12.3. The van der Waals surface area contributed by atoms with Crippen LogP contribution in [0.3, 0.4) is 0 Å². The normalized spacial score (nSPS) is 10.1. The number of aromatic carboxylic acids is 1. The first-order valence-electron chi connectivity index (χ1n) is 7.07. The Bertz CT molecular complexity index is 685. The maximum absolute atomic E-state index is 11.9. The van der Waals surface area contributed by atoms with Crippen molar-refractivity contribution in [3.8, 4) is 5.75 Å². The maximum atomic E-state index is 11.9. The summed E-state index contributed by atoms with van der Waals surface area (Å²) in [7, 11) is 0. The maximum Gasteiger partial charge on any atom is 0.337 e. The molecule has 2 rings (SSSR count). The van der Waals surface area contributed by atoms with Gasteiger partial charge in [-0.15, -0.1) is 0 Å².